The first kappa shape index (κ1) is 16.8. The van der Waals surface area contributed by atoms with Crippen LogP contribution >= 0.6 is 0 Å². The summed E-state index contributed by atoms with van der Waals surface area (Å²) in [6.07, 6.45) is 0.546. The second kappa shape index (κ2) is 6.95. The molecular weight excluding hydrogens is 330 g/mol. The van der Waals surface area contributed by atoms with E-state index in [-0.39, 0.29) is 17.9 Å². The highest BCUT2D eigenvalue weighted by Gasteiger charge is 2.43. The third kappa shape index (κ3) is 3.27. The van der Waals surface area contributed by atoms with Crippen molar-refractivity contribution in [1.29, 1.82) is 0 Å². The van der Waals surface area contributed by atoms with Crippen molar-refractivity contribution in [3.8, 4) is 0 Å². The van der Waals surface area contributed by atoms with Gasteiger partial charge in [0.2, 0.25) is 5.91 Å². The number of ether oxygens (including phenoxy) is 1. The molecule has 136 valence electrons. The molecule has 3 aliphatic rings. The Morgan fingerprint density at radius 1 is 1.24 bits per heavy atom. The van der Waals surface area contributed by atoms with Crippen LogP contribution in [0.25, 0.3) is 0 Å². The SMILES string of the molecule is O=C(C1NNC2CCNCC21)N1CCOC(c2ccc(F)c(F)c2)C1. The van der Waals surface area contributed by atoms with Crippen LogP contribution in [0.3, 0.4) is 0 Å². The molecule has 25 heavy (non-hydrogen) atoms. The fraction of sp³-hybridized carbons (Fsp3) is 0.588. The second-order valence-electron chi connectivity index (χ2n) is 6.85. The van der Waals surface area contributed by atoms with E-state index in [1.54, 1.807) is 4.90 Å². The first-order chi connectivity index (χ1) is 12.1. The highest BCUT2D eigenvalue weighted by Crippen LogP contribution is 2.26. The molecule has 0 bridgehead atoms. The Morgan fingerprint density at radius 3 is 2.96 bits per heavy atom. The van der Waals surface area contributed by atoms with Crippen LogP contribution in [0.5, 0.6) is 0 Å². The Balaban J connectivity index is 1.45. The van der Waals surface area contributed by atoms with Crippen LogP contribution in [0.4, 0.5) is 8.78 Å². The molecule has 3 fully saturated rings. The van der Waals surface area contributed by atoms with E-state index in [0.29, 0.717) is 31.3 Å². The summed E-state index contributed by atoms with van der Waals surface area (Å²) >= 11 is 0. The second-order valence-corrected chi connectivity index (χ2v) is 6.85. The minimum absolute atomic E-state index is 0.0274. The topological polar surface area (TPSA) is 65.6 Å². The van der Waals surface area contributed by atoms with E-state index in [2.05, 4.69) is 16.2 Å². The number of rotatable bonds is 2. The predicted octanol–water partition coefficient (Wildman–Crippen LogP) is 0.319. The Bertz CT molecular complexity index is 660. The number of piperidine rings is 1. The molecule has 3 saturated heterocycles. The van der Waals surface area contributed by atoms with Gasteiger partial charge in [-0.1, -0.05) is 6.07 Å². The summed E-state index contributed by atoms with van der Waals surface area (Å²) in [5.74, 6) is -1.54. The minimum Gasteiger partial charge on any atom is -0.370 e. The standard InChI is InChI=1S/C17H22F2N4O2/c18-12-2-1-10(7-13(12)19)15-9-23(5-6-25-15)17(24)16-11-8-20-4-3-14(11)21-22-16/h1-2,7,11,14-16,20-22H,3-6,8-9H2. The van der Waals surface area contributed by atoms with Gasteiger partial charge in [-0.15, -0.1) is 0 Å². The summed E-state index contributed by atoms with van der Waals surface area (Å²) in [5.41, 5.74) is 6.91. The fourth-order valence-electron chi connectivity index (χ4n) is 3.92. The summed E-state index contributed by atoms with van der Waals surface area (Å²) in [4.78, 5) is 14.7. The van der Waals surface area contributed by atoms with E-state index >= 15 is 0 Å². The van der Waals surface area contributed by atoms with Gasteiger partial charge in [0.1, 0.15) is 12.1 Å². The molecule has 1 amide bonds. The summed E-state index contributed by atoms with van der Waals surface area (Å²) in [6, 6.07) is 3.77. The molecule has 0 aromatic heterocycles. The van der Waals surface area contributed by atoms with Crippen molar-refractivity contribution in [3.63, 3.8) is 0 Å². The van der Waals surface area contributed by atoms with Crippen molar-refractivity contribution in [3.05, 3.63) is 35.4 Å². The third-order valence-corrected chi connectivity index (χ3v) is 5.34. The van der Waals surface area contributed by atoms with Crippen molar-refractivity contribution in [2.24, 2.45) is 5.92 Å². The minimum atomic E-state index is -0.901. The highest BCUT2D eigenvalue weighted by atomic mass is 19.2. The van der Waals surface area contributed by atoms with Gasteiger partial charge in [-0.3, -0.25) is 10.2 Å². The molecule has 3 N–H and O–H groups in total. The zero-order chi connectivity index (χ0) is 17.4. The van der Waals surface area contributed by atoms with E-state index in [1.807, 2.05) is 0 Å². The molecule has 6 nitrogen and oxygen atoms in total. The summed E-state index contributed by atoms with van der Waals surface area (Å²) in [7, 11) is 0. The zero-order valence-electron chi connectivity index (χ0n) is 13.8. The predicted molar refractivity (Wildman–Crippen MR) is 86.5 cm³/mol. The average Bonchev–Trinajstić information content (AvgIpc) is 3.07. The lowest BCUT2D eigenvalue weighted by atomic mass is 9.88. The zero-order valence-corrected chi connectivity index (χ0v) is 13.8. The number of fused-ring (bicyclic) bond motifs is 1. The normalized spacial score (nSPS) is 32.5. The maximum absolute atomic E-state index is 13.5. The number of carbonyl (C=O) groups is 1. The number of hydrazine groups is 1. The maximum atomic E-state index is 13.5. The van der Waals surface area contributed by atoms with Gasteiger partial charge in [-0.25, -0.2) is 14.2 Å². The first-order valence-corrected chi connectivity index (χ1v) is 8.70. The number of amides is 1. The molecule has 8 heteroatoms. The Hall–Kier alpha value is -1.61. The van der Waals surface area contributed by atoms with Gasteiger partial charge in [0.25, 0.3) is 0 Å². The monoisotopic (exact) mass is 352 g/mol. The van der Waals surface area contributed by atoms with Crippen molar-refractivity contribution < 1.29 is 18.3 Å². The van der Waals surface area contributed by atoms with Crippen molar-refractivity contribution >= 4 is 5.91 Å². The van der Waals surface area contributed by atoms with Crippen molar-refractivity contribution in [2.45, 2.75) is 24.6 Å². The van der Waals surface area contributed by atoms with E-state index in [9.17, 15) is 13.6 Å². The average molecular weight is 352 g/mol. The van der Waals surface area contributed by atoms with Gasteiger partial charge in [0, 0.05) is 25.0 Å². The van der Waals surface area contributed by atoms with Gasteiger partial charge >= 0.3 is 0 Å². The van der Waals surface area contributed by atoms with E-state index in [1.165, 1.54) is 6.07 Å². The number of hydrogen-bond acceptors (Lipinski definition) is 5. The van der Waals surface area contributed by atoms with Crippen molar-refractivity contribution in [1.82, 2.24) is 21.1 Å². The summed E-state index contributed by atoms with van der Waals surface area (Å²) in [5, 5.41) is 3.34. The molecule has 0 spiro atoms. The van der Waals surface area contributed by atoms with E-state index < -0.39 is 17.7 Å². The molecule has 1 aromatic carbocycles. The highest BCUT2D eigenvalue weighted by molar-refractivity contribution is 5.83. The lowest BCUT2D eigenvalue weighted by molar-refractivity contribution is -0.142. The van der Waals surface area contributed by atoms with E-state index in [0.717, 1.165) is 31.6 Å². The lowest BCUT2D eigenvalue weighted by Gasteiger charge is -2.36. The van der Waals surface area contributed by atoms with Gasteiger partial charge in [0.15, 0.2) is 11.6 Å². The van der Waals surface area contributed by atoms with Crippen LogP contribution in [0, 0.1) is 17.6 Å². The van der Waals surface area contributed by atoms with Gasteiger partial charge in [0.05, 0.1) is 13.2 Å². The van der Waals surface area contributed by atoms with Gasteiger partial charge in [-0.2, -0.15) is 0 Å². The fourth-order valence-corrected chi connectivity index (χ4v) is 3.92. The molecule has 1 aromatic rings. The van der Waals surface area contributed by atoms with Crippen LogP contribution in [0.1, 0.15) is 18.1 Å². The summed E-state index contributed by atoms with van der Waals surface area (Å²) < 4.78 is 32.3. The molecule has 0 saturated carbocycles. The molecule has 4 unspecified atom stereocenters. The summed E-state index contributed by atoms with van der Waals surface area (Å²) in [6.45, 7) is 2.97. The quantitative estimate of drug-likeness (QED) is 0.716. The van der Waals surface area contributed by atoms with Crippen LogP contribution in [0.15, 0.2) is 18.2 Å². The van der Waals surface area contributed by atoms with E-state index in [4.69, 9.17) is 4.74 Å². The first-order valence-electron chi connectivity index (χ1n) is 8.70. The smallest absolute Gasteiger partial charge is 0.241 e. The van der Waals surface area contributed by atoms with Crippen LogP contribution in [-0.2, 0) is 9.53 Å². The van der Waals surface area contributed by atoms with Crippen molar-refractivity contribution in [2.75, 3.05) is 32.8 Å². The lowest BCUT2D eigenvalue weighted by Crippen LogP contribution is -2.53. The molecule has 0 aliphatic carbocycles. The molecule has 4 atom stereocenters. The Labute approximate surface area is 144 Å². The molecule has 3 heterocycles. The Morgan fingerprint density at radius 2 is 2.12 bits per heavy atom. The van der Waals surface area contributed by atoms with Gasteiger partial charge < -0.3 is 15.0 Å². The van der Waals surface area contributed by atoms with Crippen LogP contribution in [0.2, 0.25) is 0 Å². The number of hydrogen-bond donors (Lipinski definition) is 3. The van der Waals surface area contributed by atoms with Crippen LogP contribution in [-0.4, -0.2) is 55.7 Å². The Kier molecular flexibility index (Phi) is 4.68. The maximum Gasteiger partial charge on any atom is 0.241 e. The molecule has 0 radical (unpaired) electrons. The molecular formula is C17H22F2N4O2. The molecule has 3 aliphatic heterocycles. The number of carbonyl (C=O) groups excluding carboxylic acids is 1. The third-order valence-electron chi connectivity index (χ3n) is 5.34. The number of nitrogens with zero attached hydrogens (tertiary/aromatic N) is 1. The van der Waals surface area contributed by atoms with Gasteiger partial charge in [-0.05, 0) is 30.7 Å². The number of benzene rings is 1. The molecule has 4 rings (SSSR count). The number of halogens is 2. The largest absolute Gasteiger partial charge is 0.370 e. The number of nitrogens with one attached hydrogen (secondary N) is 3. The number of morpholine rings is 1. The van der Waals surface area contributed by atoms with Crippen LogP contribution < -0.4 is 16.2 Å².